The van der Waals surface area contributed by atoms with Crippen LogP contribution in [0.4, 0.5) is 0 Å². The fourth-order valence-corrected chi connectivity index (χ4v) is 7.69. The number of nitrogens with zero attached hydrogens (tertiary/aromatic N) is 2. The number of H-pyrrole nitrogens is 1. The summed E-state index contributed by atoms with van der Waals surface area (Å²) >= 11 is 1.11. The Labute approximate surface area is 287 Å². The van der Waals surface area contributed by atoms with E-state index >= 15 is 0 Å². The van der Waals surface area contributed by atoms with Crippen molar-refractivity contribution in [3.8, 4) is 11.5 Å². The third kappa shape index (κ3) is 8.85. The summed E-state index contributed by atoms with van der Waals surface area (Å²) in [7, 11) is 2.15. The molecule has 3 aromatic carbocycles. The van der Waals surface area contributed by atoms with Gasteiger partial charge in [-0.25, -0.2) is 0 Å². The van der Waals surface area contributed by atoms with Crippen molar-refractivity contribution in [2.75, 3.05) is 59.5 Å². The first-order valence-electron chi connectivity index (χ1n) is 17.1. The third-order valence-corrected chi connectivity index (χ3v) is 10.4. The van der Waals surface area contributed by atoms with Gasteiger partial charge in [0.25, 0.3) is 0 Å². The molecule has 1 fully saturated rings. The second-order valence-electron chi connectivity index (χ2n) is 13.4. The largest absolute Gasteiger partial charge is 0.508 e. The highest BCUT2D eigenvalue weighted by molar-refractivity contribution is 7.16. The standard InChI is InChI=1S/C38H50N4O5S/c1-27(2)26-42(22-19-39-18-13-29-10-12-33(44)35-36(29)48-37(46)40-35)34(45)15-24-47-23-14-28-9-11-32(43)31(25-28)38(16-20-41(3)21-17-38)30-7-5-4-6-8-30/h4-12,25,27,39,43-44H,13-24,26H2,1-3H3,(H,40,46). The van der Waals surface area contributed by atoms with E-state index in [9.17, 15) is 19.8 Å². The Bertz CT molecular complexity index is 1690. The number of fused-ring (bicyclic) bond motifs is 1. The molecule has 0 aliphatic carbocycles. The average Bonchev–Trinajstić information content (AvgIpc) is 3.48. The van der Waals surface area contributed by atoms with Gasteiger partial charge in [-0.1, -0.05) is 73.7 Å². The van der Waals surface area contributed by atoms with Crippen LogP contribution in [0, 0.1) is 5.92 Å². The molecule has 0 bridgehead atoms. The first-order chi connectivity index (χ1) is 23.2. The van der Waals surface area contributed by atoms with E-state index in [4.69, 9.17) is 4.74 Å². The minimum absolute atomic E-state index is 0.0844. The molecular weight excluding hydrogens is 625 g/mol. The lowest BCUT2D eigenvalue weighted by Gasteiger charge is -2.42. The predicted octanol–water partition coefficient (Wildman–Crippen LogP) is 5.28. The quantitative estimate of drug-likeness (QED) is 0.120. The second-order valence-corrected chi connectivity index (χ2v) is 14.4. The SMILES string of the molecule is CC(C)CN(CCNCCc1ccc(O)c2[nH]c(=O)sc12)C(=O)CCOCCc1ccc(O)c(C2(c3ccccc3)CCN(C)CC2)c1. The zero-order valence-corrected chi connectivity index (χ0v) is 29.3. The number of phenolic OH excluding ortho intramolecular Hbond substituents is 2. The zero-order valence-electron chi connectivity index (χ0n) is 28.5. The highest BCUT2D eigenvalue weighted by Crippen LogP contribution is 2.45. The molecule has 1 amide bonds. The van der Waals surface area contributed by atoms with Crippen molar-refractivity contribution in [3.63, 3.8) is 0 Å². The Morgan fingerprint density at radius 2 is 1.77 bits per heavy atom. The molecule has 1 aromatic heterocycles. The maximum atomic E-state index is 13.2. The first-order valence-corrected chi connectivity index (χ1v) is 17.9. The molecule has 0 unspecified atom stereocenters. The number of carbonyl (C=O) groups is 1. The molecule has 258 valence electrons. The van der Waals surface area contributed by atoms with Crippen molar-refractivity contribution in [1.29, 1.82) is 0 Å². The molecule has 4 aromatic rings. The topological polar surface area (TPSA) is 118 Å². The number of likely N-dealkylation sites (tertiary alicyclic amines) is 1. The number of carbonyl (C=O) groups excluding carboxylic acids is 1. The maximum absolute atomic E-state index is 13.2. The van der Waals surface area contributed by atoms with Gasteiger partial charge in [0.05, 0.1) is 24.3 Å². The average molecular weight is 675 g/mol. The minimum atomic E-state index is -0.224. The number of amides is 1. The van der Waals surface area contributed by atoms with E-state index in [1.807, 2.05) is 29.2 Å². The molecule has 0 saturated carbocycles. The van der Waals surface area contributed by atoms with Crippen LogP contribution in [0.2, 0.25) is 0 Å². The molecule has 0 spiro atoms. The number of hydrogen-bond acceptors (Lipinski definition) is 8. The van der Waals surface area contributed by atoms with E-state index < -0.39 is 0 Å². The number of thiazole rings is 1. The fraction of sp³-hybridized carbons (Fsp3) is 0.474. The van der Waals surface area contributed by atoms with Gasteiger partial charge in [0.15, 0.2) is 0 Å². The second kappa shape index (κ2) is 16.6. The number of piperidine rings is 1. The summed E-state index contributed by atoms with van der Waals surface area (Å²) in [6, 6.07) is 20.0. The fourth-order valence-electron chi connectivity index (χ4n) is 6.79. The number of benzene rings is 3. The summed E-state index contributed by atoms with van der Waals surface area (Å²) in [5, 5.41) is 24.5. The number of ether oxygens (including phenoxy) is 1. The van der Waals surface area contributed by atoms with Gasteiger partial charge in [-0.3, -0.25) is 9.59 Å². The van der Waals surface area contributed by atoms with E-state index in [-0.39, 0.29) is 21.9 Å². The van der Waals surface area contributed by atoms with Crippen LogP contribution < -0.4 is 10.2 Å². The van der Waals surface area contributed by atoms with Crippen molar-refractivity contribution in [1.82, 2.24) is 20.1 Å². The normalized spacial score (nSPS) is 14.9. The Morgan fingerprint density at radius 3 is 2.52 bits per heavy atom. The number of hydrogen-bond donors (Lipinski definition) is 4. The monoisotopic (exact) mass is 674 g/mol. The van der Waals surface area contributed by atoms with E-state index in [1.54, 1.807) is 6.07 Å². The molecule has 1 saturated heterocycles. The first kappa shape index (κ1) is 35.6. The van der Waals surface area contributed by atoms with Crippen LogP contribution in [0.15, 0.2) is 65.5 Å². The van der Waals surface area contributed by atoms with Crippen LogP contribution in [0.3, 0.4) is 0 Å². The van der Waals surface area contributed by atoms with Gasteiger partial charge in [0, 0.05) is 30.6 Å². The predicted molar refractivity (Wildman–Crippen MR) is 193 cm³/mol. The smallest absolute Gasteiger partial charge is 0.305 e. The van der Waals surface area contributed by atoms with Gasteiger partial charge in [0.2, 0.25) is 5.91 Å². The van der Waals surface area contributed by atoms with Gasteiger partial charge in [-0.05, 0) is 87.1 Å². The number of aromatic hydroxyl groups is 2. The Kier molecular flexibility index (Phi) is 12.3. The summed E-state index contributed by atoms with van der Waals surface area (Å²) in [5.74, 6) is 0.863. The van der Waals surface area contributed by atoms with Crippen LogP contribution in [0.25, 0.3) is 10.2 Å². The molecule has 4 N–H and O–H groups in total. The van der Waals surface area contributed by atoms with Gasteiger partial charge in [-0.15, -0.1) is 0 Å². The zero-order chi connectivity index (χ0) is 34.1. The lowest BCUT2D eigenvalue weighted by atomic mass is 9.67. The van der Waals surface area contributed by atoms with E-state index in [2.05, 4.69) is 66.4 Å². The number of aromatic amines is 1. The molecule has 0 atom stereocenters. The van der Waals surface area contributed by atoms with E-state index in [0.29, 0.717) is 75.8 Å². The molecule has 10 heteroatoms. The van der Waals surface area contributed by atoms with Gasteiger partial charge >= 0.3 is 4.87 Å². The third-order valence-electron chi connectivity index (χ3n) is 9.45. The Balaban J connectivity index is 1.09. The van der Waals surface area contributed by atoms with Crippen molar-refractivity contribution < 1.29 is 19.7 Å². The van der Waals surface area contributed by atoms with Crippen molar-refractivity contribution in [2.45, 2.75) is 51.4 Å². The minimum Gasteiger partial charge on any atom is -0.508 e. The molecule has 9 nitrogen and oxygen atoms in total. The molecular formula is C38H50N4O5S. The lowest BCUT2D eigenvalue weighted by Crippen LogP contribution is -2.41. The molecule has 2 heterocycles. The van der Waals surface area contributed by atoms with E-state index in [0.717, 1.165) is 58.7 Å². The van der Waals surface area contributed by atoms with Crippen molar-refractivity contribution in [2.24, 2.45) is 5.92 Å². The summed E-state index contributed by atoms with van der Waals surface area (Å²) in [6.07, 6.45) is 3.65. The van der Waals surface area contributed by atoms with Crippen LogP contribution in [-0.4, -0.2) is 90.4 Å². The lowest BCUT2D eigenvalue weighted by molar-refractivity contribution is -0.132. The highest BCUT2D eigenvalue weighted by Gasteiger charge is 2.39. The van der Waals surface area contributed by atoms with Gasteiger partial charge in [-0.2, -0.15) is 0 Å². The Hall–Kier alpha value is -3.70. The van der Waals surface area contributed by atoms with Gasteiger partial charge < -0.3 is 35.1 Å². The van der Waals surface area contributed by atoms with Crippen LogP contribution >= 0.6 is 11.3 Å². The summed E-state index contributed by atoms with van der Waals surface area (Å²) < 4.78 is 6.76. The van der Waals surface area contributed by atoms with E-state index in [1.165, 1.54) is 5.56 Å². The maximum Gasteiger partial charge on any atom is 0.305 e. The Morgan fingerprint density at radius 1 is 1.02 bits per heavy atom. The molecule has 0 radical (unpaired) electrons. The summed E-state index contributed by atoms with van der Waals surface area (Å²) in [6.45, 7) is 9.69. The highest BCUT2D eigenvalue weighted by atomic mass is 32.1. The molecule has 1 aliphatic heterocycles. The number of nitrogens with one attached hydrogen (secondary N) is 2. The molecule has 48 heavy (non-hydrogen) atoms. The summed E-state index contributed by atoms with van der Waals surface area (Å²) in [4.78, 5) is 31.7. The molecule has 5 rings (SSSR count). The van der Waals surface area contributed by atoms with Crippen molar-refractivity contribution in [3.05, 3.63) is 92.6 Å². The van der Waals surface area contributed by atoms with Crippen molar-refractivity contribution >= 4 is 27.5 Å². The number of rotatable bonds is 16. The van der Waals surface area contributed by atoms with Gasteiger partial charge in [0.1, 0.15) is 17.0 Å². The van der Waals surface area contributed by atoms with Crippen LogP contribution in [0.5, 0.6) is 11.5 Å². The number of aromatic nitrogens is 1. The van der Waals surface area contributed by atoms with Crippen LogP contribution in [0.1, 0.15) is 55.4 Å². The van der Waals surface area contributed by atoms with Crippen LogP contribution in [-0.2, 0) is 27.8 Å². The summed E-state index contributed by atoms with van der Waals surface area (Å²) in [5.41, 5.74) is 4.64. The molecule has 1 aliphatic rings. The number of phenols is 2.